The number of ether oxygens (including phenoxy) is 1. The first-order valence-corrected chi connectivity index (χ1v) is 5.79. The summed E-state index contributed by atoms with van der Waals surface area (Å²) in [6.07, 6.45) is 2.95. The van der Waals surface area contributed by atoms with Crippen LogP contribution in [0.2, 0.25) is 0 Å². The molecule has 1 saturated carbocycles. The van der Waals surface area contributed by atoms with Crippen molar-refractivity contribution in [2.24, 2.45) is 0 Å². The van der Waals surface area contributed by atoms with Gasteiger partial charge in [0, 0.05) is 6.61 Å². The van der Waals surface area contributed by atoms with E-state index in [1.807, 2.05) is 6.92 Å². The molecule has 1 fully saturated rings. The number of hydrogen-bond acceptors (Lipinski definition) is 5. The second kappa shape index (κ2) is 4.79. The molecular weight excluding hydrogens is 224 g/mol. The highest BCUT2D eigenvalue weighted by molar-refractivity contribution is 5.77. The van der Waals surface area contributed by atoms with E-state index in [0.29, 0.717) is 25.3 Å². The monoisotopic (exact) mass is 240 g/mol. The zero-order valence-corrected chi connectivity index (χ0v) is 9.80. The van der Waals surface area contributed by atoms with Crippen molar-refractivity contribution >= 4 is 5.97 Å². The van der Waals surface area contributed by atoms with E-state index < -0.39 is 11.5 Å². The van der Waals surface area contributed by atoms with Crippen LogP contribution in [0.1, 0.15) is 38.4 Å². The van der Waals surface area contributed by atoms with Gasteiger partial charge < -0.3 is 9.84 Å². The van der Waals surface area contributed by atoms with Crippen LogP contribution in [0.15, 0.2) is 0 Å². The highest BCUT2D eigenvalue weighted by Gasteiger charge is 2.48. The maximum atomic E-state index is 11.3. The molecule has 0 atom stereocenters. The van der Waals surface area contributed by atoms with Gasteiger partial charge in [-0.2, -0.15) is 0 Å². The van der Waals surface area contributed by atoms with Crippen LogP contribution in [-0.2, 0) is 21.7 Å². The standard InChI is InChI=1S/C10H16N4O3/c1-2-6-17-7-8-11-12-13-14(8)10(9(15)16)4-3-5-10/h2-7H2,1H3,(H,15,16). The molecule has 0 spiro atoms. The third-order valence-electron chi connectivity index (χ3n) is 3.10. The molecule has 1 N–H and O–H groups in total. The first-order valence-electron chi connectivity index (χ1n) is 5.79. The van der Waals surface area contributed by atoms with Gasteiger partial charge in [0.2, 0.25) is 0 Å². The maximum absolute atomic E-state index is 11.3. The van der Waals surface area contributed by atoms with E-state index in [1.54, 1.807) is 0 Å². The number of aliphatic carboxylic acids is 1. The van der Waals surface area contributed by atoms with Crippen molar-refractivity contribution in [3.63, 3.8) is 0 Å². The average molecular weight is 240 g/mol. The molecule has 2 rings (SSSR count). The largest absolute Gasteiger partial charge is 0.479 e. The lowest BCUT2D eigenvalue weighted by molar-refractivity contribution is -0.153. The summed E-state index contributed by atoms with van der Waals surface area (Å²) < 4.78 is 6.77. The summed E-state index contributed by atoms with van der Waals surface area (Å²) >= 11 is 0. The van der Waals surface area contributed by atoms with E-state index in [1.165, 1.54) is 4.68 Å². The Balaban J connectivity index is 2.15. The third-order valence-corrected chi connectivity index (χ3v) is 3.10. The summed E-state index contributed by atoms with van der Waals surface area (Å²) in [5.41, 5.74) is -0.950. The van der Waals surface area contributed by atoms with Gasteiger partial charge >= 0.3 is 5.97 Å². The summed E-state index contributed by atoms with van der Waals surface area (Å²) in [6.45, 7) is 2.89. The molecule has 1 heterocycles. The fourth-order valence-electron chi connectivity index (χ4n) is 1.96. The van der Waals surface area contributed by atoms with Crippen molar-refractivity contribution in [3.8, 4) is 0 Å². The Morgan fingerprint density at radius 2 is 2.35 bits per heavy atom. The molecule has 0 saturated heterocycles. The van der Waals surface area contributed by atoms with E-state index in [2.05, 4.69) is 15.5 Å². The maximum Gasteiger partial charge on any atom is 0.331 e. The van der Waals surface area contributed by atoms with Crippen molar-refractivity contribution in [1.29, 1.82) is 0 Å². The predicted octanol–water partition coefficient (Wildman–Crippen LogP) is 0.563. The lowest BCUT2D eigenvalue weighted by atomic mass is 9.77. The zero-order chi connectivity index (χ0) is 12.3. The third kappa shape index (κ3) is 2.02. The minimum Gasteiger partial charge on any atom is -0.479 e. The summed E-state index contributed by atoms with van der Waals surface area (Å²) in [4.78, 5) is 11.3. The van der Waals surface area contributed by atoms with Crippen molar-refractivity contribution < 1.29 is 14.6 Å². The quantitative estimate of drug-likeness (QED) is 0.731. The van der Waals surface area contributed by atoms with Crippen LogP contribution < -0.4 is 0 Å². The average Bonchev–Trinajstić information content (AvgIpc) is 2.65. The Morgan fingerprint density at radius 1 is 1.59 bits per heavy atom. The van der Waals surface area contributed by atoms with Gasteiger partial charge in [-0.25, -0.2) is 9.48 Å². The minimum absolute atomic E-state index is 0.260. The molecule has 94 valence electrons. The summed E-state index contributed by atoms with van der Waals surface area (Å²) in [7, 11) is 0. The number of aromatic nitrogens is 4. The number of nitrogens with zero attached hydrogens (tertiary/aromatic N) is 4. The van der Waals surface area contributed by atoms with Gasteiger partial charge in [0.15, 0.2) is 11.4 Å². The van der Waals surface area contributed by atoms with E-state index in [9.17, 15) is 9.90 Å². The fourth-order valence-corrected chi connectivity index (χ4v) is 1.96. The minimum atomic E-state index is -0.950. The molecule has 1 aliphatic carbocycles. The summed E-state index contributed by atoms with van der Waals surface area (Å²) in [6, 6.07) is 0. The van der Waals surface area contributed by atoms with Crippen LogP contribution in [0, 0.1) is 0 Å². The topological polar surface area (TPSA) is 90.1 Å². The number of carboxylic acid groups (broad SMARTS) is 1. The number of carbonyl (C=O) groups is 1. The summed E-state index contributed by atoms with van der Waals surface area (Å²) in [5.74, 6) is -0.381. The molecule has 1 aromatic rings. The molecule has 0 bridgehead atoms. The molecule has 0 unspecified atom stereocenters. The fraction of sp³-hybridized carbons (Fsp3) is 0.800. The Bertz CT molecular complexity index is 400. The Morgan fingerprint density at radius 3 is 2.88 bits per heavy atom. The van der Waals surface area contributed by atoms with Crippen LogP contribution in [-0.4, -0.2) is 37.9 Å². The molecule has 17 heavy (non-hydrogen) atoms. The molecular formula is C10H16N4O3. The zero-order valence-electron chi connectivity index (χ0n) is 9.80. The SMILES string of the molecule is CCCOCc1nnnn1C1(C(=O)O)CCC1. The van der Waals surface area contributed by atoms with Crippen LogP contribution in [0.4, 0.5) is 0 Å². The van der Waals surface area contributed by atoms with E-state index >= 15 is 0 Å². The van der Waals surface area contributed by atoms with Crippen molar-refractivity contribution in [2.45, 2.75) is 44.8 Å². The summed E-state index contributed by atoms with van der Waals surface area (Å²) in [5, 5.41) is 20.5. The van der Waals surface area contributed by atoms with Crippen LogP contribution in [0.5, 0.6) is 0 Å². The Hall–Kier alpha value is -1.50. The Kier molecular flexibility index (Phi) is 3.37. The van der Waals surface area contributed by atoms with Gasteiger partial charge in [-0.15, -0.1) is 5.10 Å². The lowest BCUT2D eigenvalue weighted by Crippen LogP contribution is -2.49. The van der Waals surface area contributed by atoms with Gasteiger partial charge in [0.25, 0.3) is 0 Å². The van der Waals surface area contributed by atoms with Gasteiger partial charge in [0.1, 0.15) is 6.61 Å². The van der Waals surface area contributed by atoms with Crippen LogP contribution in [0.3, 0.4) is 0 Å². The molecule has 1 aromatic heterocycles. The van der Waals surface area contributed by atoms with E-state index in [4.69, 9.17) is 4.74 Å². The number of rotatable bonds is 6. The highest BCUT2D eigenvalue weighted by atomic mass is 16.5. The molecule has 7 nitrogen and oxygen atoms in total. The predicted molar refractivity (Wildman–Crippen MR) is 57.2 cm³/mol. The van der Waals surface area contributed by atoms with Crippen molar-refractivity contribution in [3.05, 3.63) is 5.82 Å². The van der Waals surface area contributed by atoms with Gasteiger partial charge in [-0.05, 0) is 36.1 Å². The molecule has 0 aromatic carbocycles. The normalized spacial score (nSPS) is 17.7. The van der Waals surface area contributed by atoms with Gasteiger partial charge in [0.05, 0.1) is 0 Å². The second-order valence-electron chi connectivity index (χ2n) is 4.25. The van der Waals surface area contributed by atoms with Crippen molar-refractivity contribution in [1.82, 2.24) is 20.2 Å². The second-order valence-corrected chi connectivity index (χ2v) is 4.25. The van der Waals surface area contributed by atoms with Crippen LogP contribution >= 0.6 is 0 Å². The number of hydrogen-bond donors (Lipinski definition) is 1. The molecule has 0 aliphatic heterocycles. The van der Waals surface area contributed by atoms with Gasteiger partial charge in [-0.3, -0.25) is 0 Å². The van der Waals surface area contributed by atoms with E-state index in [0.717, 1.165) is 12.8 Å². The van der Waals surface area contributed by atoms with E-state index in [-0.39, 0.29) is 6.61 Å². The molecule has 0 amide bonds. The van der Waals surface area contributed by atoms with Gasteiger partial charge in [-0.1, -0.05) is 6.92 Å². The smallest absolute Gasteiger partial charge is 0.331 e. The molecule has 7 heteroatoms. The molecule has 1 aliphatic rings. The van der Waals surface area contributed by atoms with Crippen LogP contribution in [0.25, 0.3) is 0 Å². The highest BCUT2D eigenvalue weighted by Crippen LogP contribution is 2.39. The number of carboxylic acids is 1. The van der Waals surface area contributed by atoms with Crippen molar-refractivity contribution in [2.75, 3.05) is 6.61 Å². The lowest BCUT2D eigenvalue weighted by Gasteiger charge is -2.37. The Labute approximate surface area is 98.8 Å². The molecule has 0 radical (unpaired) electrons. The first-order chi connectivity index (χ1) is 8.20. The first kappa shape index (κ1) is 12.0. The number of tetrazole rings is 1.